The lowest BCUT2D eigenvalue weighted by molar-refractivity contribution is -0.145. The van der Waals surface area contributed by atoms with Crippen LogP contribution in [-0.2, 0) is 14.3 Å². The van der Waals surface area contributed by atoms with Gasteiger partial charge in [-0.1, -0.05) is 12.1 Å². The quantitative estimate of drug-likeness (QED) is 0.777. The van der Waals surface area contributed by atoms with Crippen LogP contribution in [0.3, 0.4) is 0 Å². The number of esters is 1. The van der Waals surface area contributed by atoms with E-state index in [9.17, 15) is 14.0 Å². The minimum absolute atomic E-state index is 0.152. The third-order valence-electron chi connectivity index (χ3n) is 4.03. The molecule has 0 aromatic heterocycles. The molecular formula is C18H24FNO4. The van der Waals surface area contributed by atoms with Gasteiger partial charge in [-0.2, -0.15) is 0 Å². The molecule has 0 N–H and O–H groups in total. The van der Waals surface area contributed by atoms with E-state index in [1.165, 1.54) is 18.1 Å². The van der Waals surface area contributed by atoms with Crippen molar-refractivity contribution in [2.45, 2.75) is 39.2 Å². The van der Waals surface area contributed by atoms with E-state index in [-0.39, 0.29) is 18.9 Å². The number of aryl methyl sites for hydroxylation is 1. The number of methoxy groups -OCH3 is 1. The highest BCUT2D eigenvalue weighted by molar-refractivity contribution is 5.77. The van der Waals surface area contributed by atoms with Crippen LogP contribution in [0.1, 0.15) is 37.8 Å². The van der Waals surface area contributed by atoms with Gasteiger partial charge in [0.25, 0.3) is 0 Å². The Morgan fingerprint density at radius 3 is 2.46 bits per heavy atom. The number of amides is 1. The van der Waals surface area contributed by atoms with Crippen LogP contribution in [0.15, 0.2) is 18.2 Å². The number of likely N-dealkylation sites (tertiary alicyclic amines) is 1. The van der Waals surface area contributed by atoms with Crippen molar-refractivity contribution in [2.24, 2.45) is 5.92 Å². The van der Waals surface area contributed by atoms with Crippen molar-refractivity contribution in [3.63, 3.8) is 0 Å². The number of rotatable bonds is 2. The summed E-state index contributed by atoms with van der Waals surface area (Å²) in [6, 6.07) is 4.90. The Kier molecular flexibility index (Phi) is 5.16. The van der Waals surface area contributed by atoms with E-state index in [4.69, 9.17) is 9.47 Å². The van der Waals surface area contributed by atoms with E-state index in [0.29, 0.717) is 5.56 Å². The number of hydrogen-bond acceptors (Lipinski definition) is 4. The zero-order chi connectivity index (χ0) is 18.1. The molecule has 0 bridgehead atoms. The maximum absolute atomic E-state index is 14.4. The van der Waals surface area contributed by atoms with Crippen LogP contribution < -0.4 is 0 Å². The first-order valence-corrected chi connectivity index (χ1v) is 7.94. The first kappa shape index (κ1) is 18.2. The lowest BCUT2D eigenvalue weighted by Gasteiger charge is -2.24. The van der Waals surface area contributed by atoms with Gasteiger partial charge in [0.2, 0.25) is 0 Å². The Balaban J connectivity index is 2.28. The van der Waals surface area contributed by atoms with E-state index >= 15 is 0 Å². The molecule has 1 aromatic carbocycles. The zero-order valence-corrected chi connectivity index (χ0v) is 14.8. The molecule has 0 radical (unpaired) electrons. The summed E-state index contributed by atoms with van der Waals surface area (Å²) < 4.78 is 24.6. The van der Waals surface area contributed by atoms with E-state index in [2.05, 4.69) is 0 Å². The maximum Gasteiger partial charge on any atom is 0.410 e. The van der Waals surface area contributed by atoms with Gasteiger partial charge >= 0.3 is 12.1 Å². The van der Waals surface area contributed by atoms with Crippen molar-refractivity contribution in [3.8, 4) is 0 Å². The summed E-state index contributed by atoms with van der Waals surface area (Å²) >= 11 is 0. The van der Waals surface area contributed by atoms with E-state index < -0.39 is 29.5 Å². The Hall–Kier alpha value is -2.11. The summed E-state index contributed by atoms with van der Waals surface area (Å²) in [6.07, 6.45) is -0.508. The van der Waals surface area contributed by atoms with Crippen molar-refractivity contribution in [3.05, 3.63) is 35.1 Å². The minimum atomic E-state index is -0.634. The molecule has 1 fully saturated rings. The summed E-state index contributed by atoms with van der Waals surface area (Å²) in [5.74, 6) is -1.89. The van der Waals surface area contributed by atoms with Gasteiger partial charge < -0.3 is 14.4 Å². The van der Waals surface area contributed by atoms with Crippen LogP contribution in [-0.4, -0.2) is 42.8 Å². The zero-order valence-electron chi connectivity index (χ0n) is 14.8. The summed E-state index contributed by atoms with van der Waals surface area (Å²) in [4.78, 5) is 25.8. The number of carbonyl (C=O) groups is 2. The minimum Gasteiger partial charge on any atom is -0.469 e. The molecule has 0 spiro atoms. The molecule has 1 heterocycles. The molecule has 132 valence electrons. The van der Waals surface area contributed by atoms with E-state index in [1.54, 1.807) is 39.8 Å². The number of benzene rings is 1. The van der Waals surface area contributed by atoms with Crippen molar-refractivity contribution in [1.82, 2.24) is 4.90 Å². The fraction of sp³-hybridized carbons (Fsp3) is 0.556. The Bertz CT molecular complexity index is 638. The molecular weight excluding hydrogens is 313 g/mol. The topological polar surface area (TPSA) is 55.8 Å². The van der Waals surface area contributed by atoms with Gasteiger partial charge in [-0.05, 0) is 44.9 Å². The Labute approximate surface area is 141 Å². The predicted molar refractivity (Wildman–Crippen MR) is 87.2 cm³/mol. The SMILES string of the molecule is COC(=O)[C@@H]1CN(C(=O)OC(C)(C)C)C[C@H]1c1ccc(C)cc1F. The molecule has 1 aliphatic rings. The summed E-state index contributed by atoms with van der Waals surface area (Å²) in [7, 11) is 1.29. The van der Waals surface area contributed by atoms with Gasteiger partial charge in [0.05, 0.1) is 13.0 Å². The lowest BCUT2D eigenvalue weighted by atomic mass is 9.88. The second-order valence-electron chi connectivity index (χ2n) is 7.15. The lowest BCUT2D eigenvalue weighted by Crippen LogP contribution is -2.36. The molecule has 5 nitrogen and oxygen atoms in total. The average molecular weight is 337 g/mol. The molecule has 0 unspecified atom stereocenters. The first-order chi connectivity index (χ1) is 11.1. The molecule has 24 heavy (non-hydrogen) atoms. The van der Waals surface area contributed by atoms with Gasteiger partial charge in [-0.15, -0.1) is 0 Å². The van der Waals surface area contributed by atoms with Gasteiger partial charge in [-0.3, -0.25) is 4.79 Å². The third kappa shape index (κ3) is 4.04. The van der Waals surface area contributed by atoms with Gasteiger partial charge in [0.1, 0.15) is 11.4 Å². The second kappa shape index (κ2) is 6.79. The Morgan fingerprint density at radius 2 is 1.92 bits per heavy atom. The van der Waals surface area contributed by atoms with E-state index in [0.717, 1.165) is 5.56 Å². The van der Waals surface area contributed by atoms with Gasteiger partial charge in [-0.25, -0.2) is 9.18 Å². The van der Waals surface area contributed by atoms with Crippen LogP contribution >= 0.6 is 0 Å². The average Bonchev–Trinajstić information content (AvgIpc) is 2.89. The normalized spacial score (nSPS) is 20.8. The van der Waals surface area contributed by atoms with Gasteiger partial charge in [0.15, 0.2) is 0 Å². The highest BCUT2D eigenvalue weighted by Gasteiger charge is 2.43. The molecule has 1 aliphatic heterocycles. The number of ether oxygens (including phenoxy) is 2. The second-order valence-corrected chi connectivity index (χ2v) is 7.15. The van der Waals surface area contributed by atoms with Crippen molar-refractivity contribution < 1.29 is 23.5 Å². The van der Waals surface area contributed by atoms with Gasteiger partial charge in [0, 0.05) is 19.0 Å². The molecule has 2 rings (SSSR count). The van der Waals surface area contributed by atoms with Crippen molar-refractivity contribution in [1.29, 1.82) is 0 Å². The number of hydrogen-bond donors (Lipinski definition) is 0. The van der Waals surface area contributed by atoms with Crippen LogP contribution in [0, 0.1) is 18.7 Å². The van der Waals surface area contributed by atoms with Crippen LogP contribution in [0.25, 0.3) is 0 Å². The van der Waals surface area contributed by atoms with Crippen molar-refractivity contribution in [2.75, 3.05) is 20.2 Å². The Morgan fingerprint density at radius 1 is 1.25 bits per heavy atom. The highest BCUT2D eigenvalue weighted by atomic mass is 19.1. The predicted octanol–water partition coefficient (Wildman–Crippen LogP) is 3.26. The molecule has 0 aliphatic carbocycles. The molecule has 2 atom stereocenters. The maximum atomic E-state index is 14.4. The van der Waals surface area contributed by atoms with Crippen LogP contribution in [0.4, 0.5) is 9.18 Å². The molecule has 0 saturated carbocycles. The summed E-state index contributed by atoms with van der Waals surface area (Å²) in [5, 5.41) is 0. The van der Waals surface area contributed by atoms with Crippen molar-refractivity contribution >= 4 is 12.1 Å². The van der Waals surface area contributed by atoms with Crippen LogP contribution in [0.2, 0.25) is 0 Å². The standard InChI is InChI=1S/C18H24FNO4/c1-11-6-7-12(15(19)8-11)13-9-20(10-14(13)16(21)23-5)17(22)24-18(2,3)4/h6-8,13-14H,9-10H2,1-5H3/t13-,14+/m0/s1. The monoisotopic (exact) mass is 337 g/mol. The first-order valence-electron chi connectivity index (χ1n) is 7.94. The highest BCUT2D eigenvalue weighted by Crippen LogP contribution is 2.35. The number of carbonyl (C=O) groups excluding carboxylic acids is 2. The third-order valence-corrected chi connectivity index (χ3v) is 4.03. The molecule has 1 aromatic rings. The fourth-order valence-corrected chi connectivity index (χ4v) is 2.92. The number of halogens is 1. The molecule has 6 heteroatoms. The number of nitrogens with zero attached hydrogens (tertiary/aromatic N) is 1. The molecule has 1 amide bonds. The van der Waals surface area contributed by atoms with Crippen LogP contribution in [0.5, 0.6) is 0 Å². The fourth-order valence-electron chi connectivity index (χ4n) is 2.92. The summed E-state index contributed by atoms with van der Waals surface area (Å²) in [5.41, 5.74) is 0.584. The largest absolute Gasteiger partial charge is 0.469 e. The van der Waals surface area contributed by atoms with E-state index in [1.807, 2.05) is 0 Å². The smallest absolute Gasteiger partial charge is 0.410 e. The summed E-state index contributed by atoms with van der Waals surface area (Å²) in [6.45, 7) is 7.49. The molecule has 1 saturated heterocycles.